The SMILES string of the molecule is CC(C)[Si](O[C@H]1CCN[C@H]2COC(C)(C)O[C@H]21)(C(C)C)C(C)C. The molecule has 0 aromatic rings. The second kappa shape index (κ2) is 7.12. The van der Waals surface area contributed by atoms with E-state index in [9.17, 15) is 0 Å². The molecule has 0 bridgehead atoms. The van der Waals surface area contributed by atoms with E-state index in [0.717, 1.165) is 13.0 Å². The maximum Gasteiger partial charge on any atom is 0.200 e. The van der Waals surface area contributed by atoms with Crippen molar-refractivity contribution in [3.8, 4) is 0 Å². The van der Waals surface area contributed by atoms with Crippen LogP contribution in [-0.2, 0) is 13.9 Å². The van der Waals surface area contributed by atoms with E-state index < -0.39 is 14.1 Å². The van der Waals surface area contributed by atoms with Crippen LogP contribution in [0.4, 0.5) is 0 Å². The number of hydrogen-bond donors (Lipinski definition) is 1. The molecular formula is C18H37NO3Si. The molecule has 2 rings (SSSR count). The van der Waals surface area contributed by atoms with Crippen LogP contribution in [0.25, 0.3) is 0 Å². The zero-order valence-electron chi connectivity index (χ0n) is 16.3. The molecule has 5 heteroatoms. The Labute approximate surface area is 143 Å². The van der Waals surface area contributed by atoms with Crippen molar-refractivity contribution in [2.75, 3.05) is 13.2 Å². The number of ether oxygens (including phenoxy) is 2. The Morgan fingerprint density at radius 1 is 1.04 bits per heavy atom. The Kier molecular flexibility index (Phi) is 6.00. The lowest BCUT2D eigenvalue weighted by Crippen LogP contribution is -2.65. The van der Waals surface area contributed by atoms with E-state index in [1.807, 2.05) is 13.8 Å². The number of fused-ring (bicyclic) bond motifs is 1. The van der Waals surface area contributed by atoms with Crippen LogP contribution in [0.3, 0.4) is 0 Å². The van der Waals surface area contributed by atoms with Gasteiger partial charge in [0.15, 0.2) is 5.79 Å². The summed E-state index contributed by atoms with van der Waals surface area (Å²) in [6.45, 7) is 19.8. The summed E-state index contributed by atoms with van der Waals surface area (Å²) in [6.07, 6.45) is 1.30. The maximum atomic E-state index is 7.04. The molecule has 0 aromatic heterocycles. The minimum atomic E-state index is -1.89. The van der Waals surface area contributed by atoms with E-state index in [4.69, 9.17) is 13.9 Å². The van der Waals surface area contributed by atoms with Crippen LogP contribution in [0.2, 0.25) is 16.6 Å². The van der Waals surface area contributed by atoms with Gasteiger partial charge in [0.2, 0.25) is 8.32 Å². The van der Waals surface area contributed by atoms with E-state index in [2.05, 4.69) is 46.9 Å². The number of hydrogen-bond acceptors (Lipinski definition) is 4. The van der Waals surface area contributed by atoms with Gasteiger partial charge in [-0.2, -0.15) is 0 Å². The van der Waals surface area contributed by atoms with Gasteiger partial charge in [0, 0.05) is 0 Å². The Balaban J connectivity index is 2.24. The molecule has 136 valence electrons. The van der Waals surface area contributed by atoms with Crippen molar-refractivity contribution < 1.29 is 13.9 Å². The minimum absolute atomic E-state index is 0.0932. The largest absolute Gasteiger partial charge is 0.410 e. The molecule has 2 aliphatic rings. The van der Waals surface area contributed by atoms with Crippen molar-refractivity contribution in [3.05, 3.63) is 0 Å². The van der Waals surface area contributed by atoms with Gasteiger partial charge in [0.1, 0.15) is 6.10 Å². The third-order valence-corrected chi connectivity index (χ3v) is 11.8. The topological polar surface area (TPSA) is 39.7 Å². The molecule has 0 saturated carbocycles. The normalized spacial score (nSPS) is 31.7. The van der Waals surface area contributed by atoms with Gasteiger partial charge in [0.05, 0.1) is 18.8 Å². The van der Waals surface area contributed by atoms with Crippen LogP contribution in [0.5, 0.6) is 0 Å². The van der Waals surface area contributed by atoms with Crippen molar-refractivity contribution in [2.24, 2.45) is 0 Å². The second-order valence-electron chi connectivity index (χ2n) is 8.62. The lowest BCUT2D eigenvalue weighted by Gasteiger charge is -2.51. The Morgan fingerprint density at radius 2 is 1.61 bits per heavy atom. The molecule has 2 saturated heterocycles. The van der Waals surface area contributed by atoms with Gasteiger partial charge < -0.3 is 19.2 Å². The molecule has 3 atom stereocenters. The van der Waals surface area contributed by atoms with Gasteiger partial charge in [-0.05, 0) is 43.4 Å². The third-order valence-electron chi connectivity index (χ3n) is 5.69. The van der Waals surface area contributed by atoms with Crippen LogP contribution < -0.4 is 5.32 Å². The fraction of sp³-hybridized carbons (Fsp3) is 1.00. The first-order valence-corrected chi connectivity index (χ1v) is 11.5. The highest BCUT2D eigenvalue weighted by atomic mass is 28.4. The van der Waals surface area contributed by atoms with Gasteiger partial charge in [-0.1, -0.05) is 41.5 Å². The highest BCUT2D eigenvalue weighted by Crippen LogP contribution is 2.44. The standard InChI is InChI=1S/C18H37NO3Si/c1-12(2)23(13(3)4,14(5)6)22-16-9-10-19-15-11-20-18(7,8)21-17(15)16/h12-17,19H,9-11H2,1-8H3/t15-,16-,17+/m0/s1. The molecule has 2 fully saturated rings. The maximum absolute atomic E-state index is 7.04. The predicted molar refractivity (Wildman–Crippen MR) is 97.2 cm³/mol. The first-order valence-electron chi connectivity index (χ1n) is 9.33. The molecule has 1 N–H and O–H groups in total. The zero-order valence-corrected chi connectivity index (χ0v) is 17.3. The lowest BCUT2D eigenvalue weighted by molar-refractivity contribution is -0.301. The summed E-state index contributed by atoms with van der Waals surface area (Å²) in [5.74, 6) is -0.514. The molecule has 0 aromatic carbocycles. The van der Waals surface area contributed by atoms with Crippen LogP contribution in [-0.4, -0.2) is 45.5 Å². The summed E-state index contributed by atoms with van der Waals surface area (Å²) >= 11 is 0. The molecule has 23 heavy (non-hydrogen) atoms. The van der Waals surface area contributed by atoms with Gasteiger partial charge in [-0.3, -0.25) is 0 Å². The summed E-state index contributed by atoms with van der Waals surface area (Å²) in [4.78, 5) is 0. The molecule has 0 amide bonds. The Hall–Kier alpha value is 0.0569. The second-order valence-corrected chi connectivity index (χ2v) is 14.0. The van der Waals surface area contributed by atoms with E-state index >= 15 is 0 Å². The van der Waals surface area contributed by atoms with Crippen LogP contribution in [0.1, 0.15) is 61.8 Å². The number of piperidine rings is 1. The van der Waals surface area contributed by atoms with E-state index in [1.54, 1.807) is 0 Å². The Morgan fingerprint density at radius 3 is 2.13 bits per heavy atom. The predicted octanol–water partition coefficient (Wildman–Crippen LogP) is 4.06. The fourth-order valence-electron chi connectivity index (χ4n) is 4.71. The summed E-state index contributed by atoms with van der Waals surface area (Å²) in [5, 5.41) is 3.55. The molecule has 0 aliphatic carbocycles. The summed E-state index contributed by atoms with van der Waals surface area (Å²) in [5.41, 5.74) is 1.80. The number of nitrogens with one attached hydrogen (secondary N) is 1. The molecule has 2 heterocycles. The molecule has 2 aliphatic heterocycles. The van der Waals surface area contributed by atoms with Crippen molar-refractivity contribution in [3.63, 3.8) is 0 Å². The molecule has 0 unspecified atom stereocenters. The van der Waals surface area contributed by atoms with Gasteiger partial charge in [0.25, 0.3) is 0 Å². The summed E-state index contributed by atoms with van der Waals surface area (Å²) in [6, 6.07) is 0.250. The summed E-state index contributed by atoms with van der Waals surface area (Å²) < 4.78 is 19.2. The highest BCUT2D eigenvalue weighted by molar-refractivity contribution is 6.77. The highest BCUT2D eigenvalue weighted by Gasteiger charge is 2.51. The minimum Gasteiger partial charge on any atom is -0.410 e. The smallest absolute Gasteiger partial charge is 0.200 e. The average molecular weight is 344 g/mol. The van der Waals surface area contributed by atoms with Crippen LogP contribution in [0, 0.1) is 0 Å². The molecule has 0 spiro atoms. The lowest BCUT2D eigenvalue weighted by atomic mass is 9.97. The Bertz CT molecular complexity index is 376. The van der Waals surface area contributed by atoms with Gasteiger partial charge in [-0.25, -0.2) is 0 Å². The average Bonchev–Trinajstić information content (AvgIpc) is 2.42. The van der Waals surface area contributed by atoms with Gasteiger partial charge in [-0.15, -0.1) is 0 Å². The zero-order chi connectivity index (χ0) is 17.4. The quantitative estimate of drug-likeness (QED) is 0.764. The molecular weight excluding hydrogens is 306 g/mol. The fourth-order valence-corrected chi connectivity index (χ4v) is 10.3. The molecule has 4 nitrogen and oxygen atoms in total. The van der Waals surface area contributed by atoms with E-state index in [-0.39, 0.29) is 18.2 Å². The van der Waals surface area contributed by atoms with Gasteiger partial charge >= 0.3 is 0 Å². The van der Waals surface area contributed by atoms with E-state index in [1.165, 1.54) is 0 Å². The van der Waals surface area contributed by atoms with Crippen molar-refractivity contribution in [1.29, 1.82) is 0 Å². The van der Waals surface area contributed by atoms with Crippen molar-refractivity contribution >= 4 is 8.32 Å². The van der Waals surface area contributed by atoms with Crippen LogP contribution in [0.15, 0.2) is 0 Å². The first kappa shape index (κ1) is 19.4. The third kappa shape index (κ3) is 3.84. The van der Waals surface area contributed by atoms with E-state index in [0.29, 0.717) is 23.2 Å². The van der Waals surface area contributed by atoms with Crippen molar-refractivity contribution in [2.45, 2.75) is 102 Å². The summed E-state index contributed by atoms with van der Waals surface area (Å²) in [7, 11) is -1.89. The van der Waals surface area contributed by atoms with Crippen molar-refractivity contribution in [1.82, 2.24) is 5.32 Å². The number of rotatable bonds is 5. The molecule has 0 radical (unpaired) electrons. The first-order chi connectivity index (χ1) is 10.6. The van der Waals surface area contributed by atoms with Crippen LogP contribution >= 0.6 is 0 Å². The monoisotopic (exact) mass is 343 g/mol.